The van der Waals surface area contributed by atoms with Gasteiger partial charge in [0.25, 0.3) is 5.56 Å². The van der Waals surface area contributed by atoms with E-state index in [2.05, 4.69) is 10.6 Å². The Balaban J connectivity index is 0.000000448. The predicted molar refractivity (Wildman–Crippen MR) is 137 cm³/mol. The van der Waals surface area contributed by atoms with Gasteiger partial charge in [-0.1, -0.05) is 11.6 Å². The zero-order valence-corrected chi connectivity index (χ0v) is 21.1. The third kappa shape index (κ3) is 5.93. The van der Waals surface area contributed by atoms with Gasteiger partial charge in [-0.25, -0.2) is 19.0 Å². The SMILES string of the molecule is O=C(O)C(F)(F)F.O=C(O)c1cc(Cl)cc(-n2c(=O)c3ccc(NC4CCNCC4)c4c3n(c2=O)CCC4)c1. The maximum absolute atomic E-state index is 13.4. The van der Waals surface area contributed by atoms with Crippen molar-refractivity contribution in [3.05, 3.63) is 67.3 Å². The number of anilines is 1. The predicted octanol–water partition coefficient (Wildman–Crippen LogP) is 3.25. The lowest BCUT2D eigenvalue weighted by Gasteiger charge is -2.28. The van der Waals surface area contributed by atoms with Crippen LogP contribution in [0.1, 0.15) is 35.2 Å². The molecule has 0 bridgehead atoms. The van der Waals surface area contributed by atoms with Crippen molar-refractivity contribution in [2.75, 3.05) is 18.4 Å². The standard InChI is InChI=1S/C23H23ClN4O4.C2HF3O2/c24-14-10-13(22(30)31)11-16(12-14)28-21(29)18-3-4-19(26-15-5-7-25-8-6-15)17-2-1-9-27(20(17)18)23(28)32;3-2(4,5)1(6)7/h3-4,10-12,15,25-26H,1-2,5-9H2,(H,30,31);(H,6,7). The quantitative estimate of drug-likeness (QED) is 0.376. The minimum atomic E-state index is -5.08. The van der Waals surface area contributed by atoms with Crippen LogP contribution in [-0.2, 0) is 17.8 Å². The molecule has 5 rings (SSSR count). The Morgan fingerprint density at radius 1 is 1.08 bits per heavy atom. The summed E-state index contributed by atoms with van der Waals surface area (Å²) in [6.07, 6.45) is -1.48. The van der Waals surface area contributed by atoms with Gasteiger partial charge in [-0.3, -0.25) is 9.36 Å². The molecule has 1 fully saturated rings. The number of halogens is 4. The summed E-state index contributed by atoms with van der Waals surface area (Å²) in [5, 5.41) is 24.0. The summed E-state index contributed by atoms with van der Waals surface area (Å²) in [6.45, 7) is 2.42. The van der Waals surface area contributed by atoms with Gasteiger partial charge in [0, 0.05) is 23.3 Å². The van der Waals surface area contributed by atoms with Crippen molar-refractivity contribution in [3.63, 3.8) is 0 Å². The Bertz CT molecular complexity index is 1560. The molecule has 0 amide bonds. The van der Waals surface area contributed by atoms with Crippen LogP contribution in [0.25, 0.3) is 16.6 Å². The first-order valence-corrected chi connectivity index (χ1v) is 12.4. The molecule has 0 radical (unpaired) electrons. The van der Waals surface area contributed by atoms with Crippen LogP contribution in [0.5, 0.6) is 0 Å². The van der Waals surface area contributed by atoms with E-state index in [4.69, 9.17) is 21.5 Å². The number of aryl methyl sites for hydroxylation is 2. The molecule has 10 nitrogen and oxygen atoms in total. The number of aliphatic carboxylic acids is 1. The summed E-state index contributed by atoms with van der Waals surface area (Å²) < 4.78 is 34.4. The van der Waals surface area contributed by atoms with Crippen LogP contribution in [0.4, 0.5) is 18.9 Å². The zero-order valence-electron chi connectivity index (χ0n) is 20.3. The Morgan fingerprint density at radius 3 is 2.36 bits per heavy atom. The van der Waals surface area contributed by atoms with Gasteiger partial charge in [0.2, 0.25) is 0 Å². The lowest BCUT2D eigenvalue weighted by molar-refractivity contribution is -0.192. The van der Waals surface area contributed by atoms with E-state index in [-0.39, 0.29) is 16.3 Å². The molecule has 14 heteroatoms. The van der Waals surface area contributed by atoms with Gasteiger partial charge < -0.3 is 20.8 Å². The molecule has 0 aliphatic carbocycles. The fourth-order valence-electron chi connectivity index (χ4n) is 4.79. The number of nitrogens with one attached hydrogen (secondary N) is 2. The first-order valence-electron chi connectivity index (χ1n) is 12.0. The average molecular weight is 569 g/mol. The van der Waals surface area contributed by atoms with Crippen molar-refractivity contribution in [1.29, 1.82) is 0 Å². The summed E-state index contributed by atoms with van der Waals surface area (Å²) >= 11 is 6.09. The first-order chi connectivity index (χ1) is 18.4. The van der Waals surface area contributed by atoms with E-state index < -0.39 is 29.4 Å². The molecule has 1 saturated heterocycles. The fourth-order valence-corrected chi connectivity index (χ4v) is 5.02. The topological polar surface area (TPSA) is 143 Å². The molecule has 0 unspecified atom stereocenters. The lowest BCUT2D eigenvalue weighted by Crippen LogP contribution is -2.41. The van der Waals surface area contributed by atoms with Gasteiger partial charge in [0.05, 0.1) is 22.2 Å². The number of hydrogen-bond donors (Lipinski definition) is 4. The van der Waals surface area contributed by atoms with E-state index >= 15 is 0 Å². The average Bonchev–Trinajstić information content (AvgIpc) is 2.88. The lowest BCUT2D eigenvalue weighted by atomic mass is 9.98. The van der Waals surface area contributed by atoms with E-state index in [0.717, 1.165) is 54.6 Å². The molecular formula is C25H24ClF3N4O6. The fraction of sp³-hybridized carbons (Fsp3) is 0.360. The highest BCUT2D eigenvalue weighted by Gasteiger charge is 2.38. The van der Waals surface area contributed by atoms with Gasteiger partial charge in [0.15, 0.2) is 0 Å². The maximum Gasteiger partial charge on any atom is 0.490 e. The van der Waals surface area contributed by atoms with E-state index in [1.807, 2.05) is 6.07 Å². The molecule has 39 heavy (non-hydrogen) atoms. The largest absolute Gasteiger partial charge is 0.490 e. The summed E-state index contributed by atoms with van der Waals surface area (Å²) in [5.41, 5.74) is 1.75. The summed E-state index contributed by atoms with van der Waals surface area (Å²) in [5.74, 6) is -3.94. The summed E-state index contributed by atoms with van der Waals surface area (Å²) in [7, 11) is 0. The van der Waals surface area contributed by atoms with Crippen LogP contribution >= 0.6 is 11.6 Å². The van der Waals surface area contributed by atoms with E-state index in [1.54, 1.807) is 10.6 Å². The normalized spacial score (nSPS) is 15.4. The minimum absolute atomic E-state index is 0.0836. The molecule has 2 aromatic carbocycles. The smallest absolute Gasteiger partial charge is 0.478 e. The third-order valence-corrected chi connectivity index (χ3v) is 6.76. The second-order valence-electron chi connectivity index (χ2n) is 9.14. The molecule has 3 heterocycles. The van der Waals surface area contributed by atoms with Crippen LogP contribution in [0.2, 0.25) is 5.02 Å². The Morgan fingerprint density at radius 2 is 1.74 bits per heavy atom. The van der Waals surface area contributed by atoms with Crippen LogP contribution < -0.4 is 21.9 Å². The highest BCUT2D eigenvalue weighted by atomic mass is 35.5. The van der Waals surface area contributed by atoms with Gasteiger partial charge in [-0.05, 0) is 74.7 Å². The van der Waals surface area contributed by atoms with Crippen molar-refractivity contribution < 1.29 is 33.0 Å². The second kappa shape index (κ2) is 11.1. The van der Waals surface area contributed by atoms with Crippen LogP contribution in [0.3, 0.4) is 0 Å². The number of carbonyl (C=O) groups is 2. The van der Waals surface area contributed by atoms with Gasteiger partial charge >= 0.3 is 23.8 Å². The van der Waals surface area contributed by atoms with Gasteiger partial charge in [-0.2, -0.15) is 13.2 Å². The number of carboxylic acids is 2. The van der Waals surface area contributed by atoms with Crippen molar-refractivity contribution in [3.8, 4) is 5.69 Å². The van der Waals surface area contributed by atoms with Crippen LogP contribution in [0, 0.1) is 0 Å². The second-order valence-corrected chi connectivity index (χ2v) is 9.58. The third-order valence-electron chi connectivity index (χ3n) is 6.55. The van der Waals surface area contributed by atoms with E-state index in [9.17, 15) is 32.7 Å². The van der Waals surface area contributed by atoms with Crippen molar-refractivity contribution in [2.24, 2.45) is 0 Å². The Kier molecular flexibility index (Phi) is 8.02. The van der Waals surface area contributed by atoms with Crippen LogP contribution in [0.15, 0.2) is 39.9 Å². The molecule has 208 valence electrons. The maximum atomic E-state index is 13.4. The number of benzene rings is 2. The first kappa shape index (κ1) is 28.2. The summed E-state index contributed by atoms with van der Waals surface area (Å²) in [6, 6.07) is 8.06. The van der Waals surface area contributed by atoms with E-state index in [1.165, 1.54) is 18.2 Å². The van der Waals surface area contributed by atoms with Crippen LogP contribution in [-0.4, -0.2) is 56.6 Å². The zero-order chi connectivity index (χ0) is 28.5. The van der Waals surface area contributed by atoms with Gasteiger partial charge in [0.1, 0.15) is 0 Å². The number of nitrogens with zero attached hydrogens (tertiary/aromatic N) is 2. The monoisotopic (exact) mass is 568 g/mol. The number of hydrogen-bond acceptors (Lipinski definition) is 6. The number of alkyl halides is 3. The number of carboxylic acid groups (broad SMARTS) is 2. The minimum Gasteiger partial charge on any atom is -0.478 e. The van der Waals surface area contributed by atoms with Crippen molar-refractivity contribution in [1.82, 2.24) is 14.5 Å². The molecule has 1 aromatic heterocycles. The highest BCUT2D eigenvalue weighted by Crippen LogP contribution is 2.30. The number of rotatable bonds is 4. The summed E-state index contributed by atoms with van der Waals surface area (Å²) in [4.78, 5) is 47.2. The molecule has 3 aromatic rings. The molecule has 2 aliphatic heterocycles. The molecule has 2 aliphatic rings. The van der Waals surface area contributed by atoms with Gasteiger partial charge in [-0.15, -0.1) is 0 Å². The molecule has 0 atom stereocenters. The Labute approximate surface area is 223 Å². The van der Waals surface area contributed by atoms with Crippen molar-refractivity contribution >= 4 is 40.1 Å². The Hall–Kier alpha value is -3.84. The number of aromatic nitrogens is 2. The molecule has 0 saturated carbocycles. The highest BCUT2D eigenvalue weighted by molar-refractivity contribution is 6.31. The molecular weight excluding hydrogens is 545 g/mol. The van der Waals surface area contributed by atoms with Crippen molar-refractivity contribution in [2.45, 2.75) is 44.4 Å². The number of piperidine rings is 1. The van der Waals surface area contributed by atoms with E-state index in [0.29, 0.717) is 23.5 Å². The molecule has 0 spiro atoms. The molecule has 4 N–H and O–H groups in total. The number of aromatic carboxylic acids is 1.